The maximum absolute atomic E-state index is 9.14. The van der Waals surface area contributed by atoms with Crippen molar-refractivity contribution >= 4 is 0 Å². The molecule has 0 aliphatic heterocycles. The quantitative estimate of drug-likeness (QED) is 0.714. The van der Waals surface area contributed by atoms with E-state index in [1.165, 1.54) is 0 Å². The van der Waals surface area contributed by atoms with Gasteiger partial charge in [-0.15, -0.1) is 0 Å². The normalized spacial score (nSPS) is 15.0. The van der Waals surface area contributed by atoms with E-state index in [0.29, 0.717) is 6.61 Å². The minimum Gasteiger partial charge on any atom is -0.395 e. The Balaban J connectivity index is 2.52. The van der Waals surface area contributed by atoms with Crippen LogP contribution in [0, 0.1) is 0 Å². The van der Waals surface area contributed by atoms with E-state index in [0.717, 1.165) is 12.1 Å². The summed E-state index contributed by atoms with van der Waals surface area (Å²) in [6.07, 6.45) is 3.86. The van der Waals surface area contributed by atoms with Crippen LogP contribution in [-0.2, 0) is 11.3 Å². The molecule has 0 radical (unpaired) electrons. The molecule has 2 unspecified atom stereocenters. The maximum Gasteiger partial charge on any atom is 0.0638 e. The lowest BCUT2D eigenvalue weighted by atomic mass is 10.1. The fourth-order valence-corrected chi connectivity index (χ4v) is 1.58. The Morgan fingerprint density at radius 2 is 2.38 bits per heavy atom. The van der Waals surface area contributed by atoms with Gasteiger partial charge in [0.05, 0.1) is 25.5 Å². The van der Waals surface area contributed by atoms with E-state index >= 15 is 0 Å². The first-order valence-electron chi connectivity index (χ1n) is 5.59. The van der Waals surface area contributed by atoms with Crippen LogP contribution < -0.4 is 5.32 Å². The molecular formula is C11H21N3O2. The Kier molecular flexibility index (Phi) is 5.45. The largest absolute Gasteiger partial charge is 0.395 e. The summed E-state index contributed by atoms with van der Waals surface area (Å²) in [6.45, 7) is 5.54. The number of aliphatic hydroxyl groups is 1. The zero-order valence-electron chi connectivity index (χ0n) is 10.2. The van der Waals surface area contributed by atoms with E-state index in [9.17, 15) is 0 Å². The molecule has 0 bridgehead atoms. The molecule has 1 aromatic heterocycles. The minimum atomic E-state index is -0.0371. The molecule has 0 saturated heterocycles. The van der Waals surface area contributed by atoms with Gasteiger partial charge in [-0.2, -0.15) is 5.10 Å². The van der Waals surface area contributed by atoms with E-state index in [1.807, 2.05) is 17.1 Å². The molecule has 5 heteroatoms. The van der Waals surface area contributed by atoms with Crippen LogP contribution in [0.1, 0.15) is 25.5 Å². The van der Waals surface area contributed by atoms with Crippen LogP contribution in [0.4, 0.5) is 0 Å². The summed E-state index contributed by atoms with van der Waals surface area (Å²) in [7, 11) is 1.63. The highest BCUT2D eigenvalue weighted by Crippen LogP contribution is 2.11. The van der Waals surface area contributed by atoms with Gasteiger partial charge in [0.15, 0.2) is 0 Å². The Morgan fingerprint density at radius 3 is 2.88 bits per heavy atom. The van der Waals surface area contributed by atoms with Crippen LogP contribution in [0.2, 0.25) is 0 Å². The Bertz CT molecular complexity index is 301. The fraction of sp³-hybridized carbons (Fsp3) is 0.727. The van der Waals surface area contributed by atoms with Crippen LogP contribution in [-0.4, -0.2) is 41.3 Å². The number of ether oxygens (including phenoxy) is 1. The van der Waals surface area contributed by atoms with Gasteiger partial charge in [-0.3, -0.25) is 4.68 Å². The number of methoxy groups -OCH3 is 1. The molecule has 0 aliphatic rings. The van der Waals surface area contributed by atoms with Crippen molar-refractivity contribution in [2.75, 3.05) is 20.3 Å². The first-order valence-corrected chi connectivity index (χ1v) is 5.59. The van der Waals surface area contributed by atoms with Gasteiger partial charge in [0.2, 0.25) is 0 Å². The molecule has 16 heavy (non-hydrogen) atoms. The predicted octanol–water partition coefficient (Wildman–Crippen LogP) is 0.561. The highest BCUT2D eigenvalue weighted by molar-refractivity contribution is 5.09. The monoisotopic (exact) mass is 227 g/mol. The summed E-state index contributed by atoms with van der Waals surface area (Å²) in [6, 6.07) is 0.123. The Morgan fingerprint density at radius 1 is 1.62 bits per heavy atom. The molecule has 5 nitrogen and oxygen atoms in total. The van der Waals surface area contributed by atoms with E-state index < -0.39 is 0 Å². The third-order valence-electron chi connectivity index (χ3n) is 2.55. The average Bonchev–Trinajstić information content (AvgIpc) is 2.76. The fourth-order valence-electron chi connectivity index (χ4n) is 1.58. The second kappa shape index (κ2) is 6.62. The molecule has 0 amide bonds. The molecular weight excluding hydrogens is 206 g/mol. The number of hydrogen-bond acceptors (Lipinski definition) is 4. The van der Waals surface area contributed by atoms with Crippen molar-refractivity contribution in [3.63, 3.8) is 0 Å². The van der Waals surface area contributed by atoms with Crippen molar-refractivity contribution in [3.8, 4) is 0 Å². The van der Waals surface area contributed by atoms with Crippen molar-refractivity contribution in [2.24, 2.45) is 0 Å². The number of hydrogen-bond donors (Lipinski definition) is 2. The van der Waals surface area contributed by atoms with Crippen molar-refractivity contribution in [3.05, 3.63) is 18.0 Å². The Hall–Kier alpha value is -0.910. The lowest BCUT2D eigenvalue weighted by molar-refractivity contribution is 0.123. The molecule has 0 spiro atoms. The van der Waals surface area contributed by atoms with Crippen molar-refractivity contribution < 1.29 is 9.84 Å². The maximum atomic E-state index is 9.14. The van der Waals surface area contributed by atoms with Gasteiger partial charge in [-0.1, -0.05) is 0 Å². The third-order valence-corrected chi connectivity index (χ3v) is 2.55. The van der Waals surface area contributed by atoms with Gasteiger partial charge < -0.3 is 15.2 Å². The number of aliphatic hydroxyl groups excluding tert-OH is 1. The highest BCUT2D eigenvalue weighted by Gasteiger charge is 2.13. The number of aryl methyl sites for hydroxylation is 1. The molecule has 1 aromatic rings. The van der Waals surface area contributed by atoms with E-state index in [4.69, 9.17) is 9.84 Å². The van der Waals surface area contributed by atoms with Gasteiger partial charge >= 0.3 is 0 Å². The number of aromatic nitrogens is 2. The number of nitrogens with one attached hydrogen (secondary N) is 1. The van der Waals surface area contributed by atoms with Gasteiger partial charge in [0.25, 0.3) is 0 Å². The van der Waals surface area contributed by atoms with Crippen LogP contribution >= 0.6 is 0 Å². The van der Waals surface area contributed by atoms with Crippen LogP contribution in [0.25, 0.3) is 0 Å². The van der Waals surface area contributed by atoms with E-state index in [1.54, 1.807) is 7.11 Å². The Labute approximate surface area is 96.4 Å². The summed E-state index contributed by atoms with van der Waals surface area (Å²) < 4.78 is 6.90. The SMILES string of the molecule is CCn1cc(C(C)NC(CO)COC)cn1. The molecule has 1 rings (SSSR count). The van der Waals surface area contributed by atoms with Crippen LogP contribution in [0.3, 0.4) is 0 Å². The molecule has 0 aromatic carbocycles. The smallest absolute Gasteiger partial charge is 0.0638 e. The summed E-state index contributed by atoms with van der Waals surface area (Å²) in [5.74, 6) is 0. The molecule has 1 heterocycles. The van der Waals surface area contributed by atoms with Gasteiger partial charge in [-0.25, -0.2) is 0 Å². The topological polar surface area (TPSA) is 59.3 Å². The number of nitrogens with zero attached hydrogens (tertiary/aromatic N) is 2. The summed E-state index contributed by atoms with van der Waals surface area (Å²) >= 11 is 0. The molecule has 0 aliphatic carbocycles. The second-order valence-corrected chi connectivity index (χ2v) is 3.85. The van der Waals surface area contributed by atoms with Gasteiger partial charge in [0, 0.05) is 31.5 Å². The van der Waals surface area contributed by atoms with Crippen LogP contribution in [0.5, 0.6) is 0 Å². The molecule has 0 saturated carbocycles. The average molecular weight is 227 g/mol. The molecule has 0 fully saturated rings. The second-order valence-electron chi connectivity index (χ2n) is 3.85. The first kappa shape index (κ1) is 13.2. The summed E-state index contributed by atoms with van der Waals surface area (Å²) in [5.41, 5.74) is 1.12. The lowest BCUT2D eigenvalue weighted by Gasteiger charge is -2.20. The van der Waals surface area contributed by atoms with Crippen molar-refractivity contribution in [2.45, 2.75) is 32.5 Å². The third kappa shape index (κ3) is 3.59. The van der Waals surface area contributed by atoms with Gasteiger partial charge in [-0.05, 0) is 13.8 Å². The first-order chi connectivity index (χ1) is 7.71. The van der Waals surface area contributed by atoms with E-state index in [2.05, 4.69) is 24.3 Å². The van der Waals surface area contributed by atoms with Crippen LogP contribution in [0.15, 0.2) is 12.4 Å². The molecule has 2 atom stereocenters. The standard InChI is InChI=1S/C11H21N3O2/c1-4-14-6-10(5-12-14)9(2)13-11(7-15)8-16-3/h5-6,9,11,13,15H,4,7-8H2,1-3H3. The zero-order chi connectivity index (χ0) is 12.0. The molecule has 2 N–H and O–H groups in total. The predicted molar refractivity (Wildman–Crippen MR) is 62.2 cm³/mol. The van der Waals surface area contributed by atoms with Crippen molar-refractivity contribution in [1.29, 1.82) is 0 Å². The summed E-state index contributed by atoms with van der Waals surface area (Å²) in [4.78, 5) is 0. The summed E-state index contributed by atoms with van der Waals surface area (Å²) in [5, 5.41) is 16.7. The van der Waals surface area contributed by atoms with Gasteiger partial charge in [0.1, 0.15) is 0 Å². The molecule has 92 valence electrons. The van der Waals surface area contributed by atoms with Crippen molar-refractivity contribution in [1.82, 2.24) is 15.1 Å². The zero-order valence-corrected chi connectivity index (χ0v) is 10.2. The lowest BCUT2D eigenvalue weighted by Crippen LogP contribution is -2.38. The number of rotatable bonds is 7. The van der Waals surface area contributed by atoms with E-state index in [-0.39, 0.29) is 18.7 Å². The highest BCUT2D eigenvalue weighted by atomic mass is 16.5. The minimum absolute atomic E-state index is 0.0371.